The molecular weight excluding hydrogens is 432 g/mol. The molecule has 1 saturated heterocycles. The van der Waals surface area contributed by atoms with Gasteiger partial charge in [-0.05, 0) is 41.8 Å². The maximum Gasteiger partial charge on any atom is 0.354 e. The van der Waals surface area contributed by atoms with Gasteiger partial charge in [-0.15, -0.1) is 0 Å². The van der Waals surface area contributed by atoms with Gasteiger partial charge >= 0.3 is 5.97 Å². The molecule has 6 rings (SSSR count). The minimum Gasteiger partial charge on any atom is -0.454 e. The standard InChI is InChI=1S/C27H22N2O5/c30-23(19-10-9-17-5-1-2-6-18(17)15-19)16-34-26(33)27-14-13-24(31)29(27)22-8-4-3-7-21(22)25(32)28(27)20-11-12-20/h1-10,15,20H,11-14,16H2. The number of ketones is 1. The monoisotopic (exact) mass is 454 g/mol. The molecule has 3 aromatic carbocycles. The number of carbonyl (C=O) groups excluding carboxylic acids is 4. The third-order valence-electron chi connectivity index (χ3n) is 6.94. The van der Waals surface area contributed by atoms with Crippen molar-refractivity contribution in [1.29, 1.82) is 0 Å². The number of esters is 1. The molecule has 2 heterocycles. The van der Waals surface area contributed by atoms with E-state index in [1.165, 1.54) is 9.80 Å². The topological polar surface area (TPSA) is 84.0 Å². The van der Waals surface area contributed by atoms with Gasteiger partial charge in [0.15, 0.2) is 12.4 Å². The van der Waals surface area contributed by atoms with Crippen molar-refractivity contribution in [2.45, 2.75) is 37.4 Å². The summed E-state index contributed by atoms with van der Waals surface area (Å²) in [6.07, 6.45) is 1.80. The second-order valence-corrected chi connectivity index (χ2v) is 9.03. The Kier molecular flexibility index (Phi) is 4.55. The quantitative estimate of drug-likeness (QED) is 0.434. The molecule has 1 aliphatic carbocycles. The van der Waals surface area contributed by atoms with Crippen molar-refractivity contribution in [3.8, 4) is 0 Å². The van der Waals surface area contributed by atoms with Crippen LogP contribution in [0.25, 0.3) is 10.8 Å². The molecule has 3 aromatic rings. The Morgan fingerprint density at radius 3 is 2.47 bits per heavy atom. The van der Waals surface area contributed by atoms with Crippen molar-refractivity contribution in [2.75, 3.05) is 11.5 Å². The van der Waals surface area contributed by atoms with Crippen molar-refractivity contribution in [3.05, 3.63) is 77.9 Å². The lowest BCUT2D eigenvalue weighted by Crippen LogP contribution is -2.69. The lowest BCUT2D eigenvalue weighted by molar-refractivity contribution is -0.156. The summed E-state index contributed by atoms with van der Waals surface area (Å²) in [6.45, 7) is -0.463. The fourth-order valence-electron chi connectivity index (χ4n) is 5.21. The third kappa shape index (κ3) is 2.96. The van der Waals surface area contributed by atoms with Gasteiger partial charge in [-0.1, -0.05) is 48.5 Å². The predicted molar refractivity (Wildman–Crippen MR) is 124 cm³/mol. The molecule has 170 valence electrons. The number of fused-ring (bicyclic) bond motifs is 4. The summed E-state index contributed by atoms with van der Waals surface area (Å²) in [4.78, 5) is 55.9. The van der Waals surface area contributed by atoms with Crippen molar-refractivity contribution in [2.24, 2.45) is 0 Å². The maximum absolute atomic E-state index is 13.6. The Morgan fingerprint density at radius 2 is 1.68 bits per heavy atom. The summed E-state index contributed by atoms with van der Waals surface area (Å²) in [5.41, 5.74) is -0.287. The first kappa shape index (κ1) is 20.6. The molecular formula is C27H22N2O5. The average Bonchev–Trinajstić information content (AvgIpc) is 3.64. The fraction of sp³-hybridized carbons (Fsp3) is 0.259. The highest BCUT2D eigenvalue weighted by Gasteiger charge is 2.64. The molecule has 0 bridgehead atoms. The number of rotatable bonds is 5. The molecule has 7 nitrogen and oxygen atoms in total. The van der Waals surface area contributed by atoms with Crippen LogP contribution in [0.3, 0.4) is 0 Å². The van der Waals surface area contributed by atoms with E-state index in [-0.39, 0.29) is 36.5 Å². The average molecular weight is 454 g/mol. The zero-order valence-corrected chi connectivity index (χ0v) is 18.4. The molecule has 0 spiro atoms. The van der Waals surface area contributed by atoms with E-state index in [0.717, 1.165) is 23.6 Å². The van der Waals surface area contributed by atoms with E-state index in [0.29, 0.717) is 16.8 Å². The summed E-state index contributed by atoms with van der Waals surface area (Å²) < 4.78 is 5.56. The van der Waals surface area contributed by atoms with Gasteiger partial charge in [0, 0.05) is 24.4 Å². The molecule has 3 aliphatic rings. The molecule has 0 N–H and O–H groups in total. The molecule has 1 atom stereocenters. The van der Waals surface area contributed by atoms with Gasteiger partial charge in [0.05, 0.1) is 11.3 Å². The molecule has 2 fully saturated rings. The van der Waals surface area contributed by atoms with Crippen LogP contribution in [0.2, 0.25) is 0 Å². The summed E-state index contributed by atoms with van der Waals surface area (Å²) in [5.74, 6) is -1.58. The molecule has 7 heteroatoms. The summed E-state index contributed by atoms with van der Waals surface area (Å²) in [6, 6.07) is 19.7. The van der Waals surface area contributed by atoms with E-state index >= 15 is 0 Å². The van der Waals surface area contributed by atoms with Gasteiger partial charge in [0.2, 0.25) is 11.6 Å². The predicted octanol–water partition coefficient (Wildman–Crippen LogP) is 3.71. The zero-order valence-electron chi connectivity index (χ0n) is 18.4. The number of amides is 2. The number of Topliss-reactive ketones (excluding diaryl/α,β-unsaturated/α-hetero) is 1. The number of hydrogen-bond donors (Lipinski definition) is 0. The third-order valence-corrected chi connectivity index (χ3v) is 6.94. The summed E-state index contributed by atoms with van der Waals surface area (Å²) >= 11 is 0. The van der Waals surface area contributed by atoms with Crippen LogP contribution in [-0.4, -0.2) is 46.8 Å². The SMILES string of the molecule is O=C(COC(=O)C12CCC(=O)N1c1ccccc1C(=O)N2C1CC1)c1ccc2ccccc2c1. The van der Waals surface area contributed by atoms with Crippen LogP contribution in [0.4, 0.5) is 5.69 Å². The van der Waals surface area contributed by atoms with Crippen molar-refractivity contribution in [1.82, 2.24) is 4.90 Å². The first-order valence-corrected chi connectivity index (χ1v) is 11.5. The van der Waals surface area contributed by atoms with Crippen LogP contribution in [0.15, 0.2) is 66.7 Å². The van der Waals surface area contributed by atoms with Crippen molar-refractivity contribution in [3.63, 3.8) is 0 Å². The molecule has 2 aliphatic heterocycles. The second-order valence-electron chi connectivity index (χ2n) is 9.03. The minimum absolute atomic E-state index is 0.124. The molecule has 0 aromatic heterocycles. The Bertz CT molecular complexity index is 1380. The van der Waals surface area contributed by atoms with Gasteiger partial charge < -0.3 is 9.64 Å². The molecule has 1 unspecified atom stereocenters. The van der Waals surface area contributed by atoms with Crippen molar-refractivity contribution >= 4 is 40.0 Å². The number of para-hydroxylation sites is 1. The first-order chi connectivity index (χ1) is 16.5. The summed E-state index contributed by atoms with van der Waals surface area (Å²) in [7, 11) is 0. The van der Waals surface area contributed by atoms with Gasteiger partial charge in [-0.25, -0.2) is 4.79 Å². The van der Waals surface area contributed by atoms with Crippen LogP contribution >= 0.6 is 0 Å². The molecule has 0 radical (unpaired) electrons. The number of anilines is 1. The highest BCUT2D eigenvalue weighted by Crippen LogP contribution is 2.49. The Hall–Kier alpha value is -4.00. The van der Waals surface area contributed by atoms with E-state index in [1.807, 2.05) is 30.3 Å². The van der Waals surface area contributed by atoms with Crippen LogP contribution in [-0.2, 0) is 14.3 Å². The van der Waals surface area contributed by atoms with E-state index in [4.69, 9.17) is 4.74 Å². The number of benzene rings is 3. The number of ether oxygens (including phenoxy) is 1. The zero-order chi connectivity index (χ0) is 23.4. The Balaban J connectivity index is 1.32. The first-order valence-electron chi connectivity index (χ1n) is 11.5. The van der Waals surface area contributed by atoms with Crippen LogP contribution in [0.5, 0.6) is 0 Å². The maximum atomic E-state index is 13.6. The van der Waals surface area contributed by atoms with Gasteiger partial charge in [-0.3, -0.25) is 19.3 Å². The molecule has 34 heavy (non-hydrogen) atoms. The molecule has 1 saturated carbocycles. The van der Waals surface area contributed by atoms with Gasteiger partial charge in [-0.2, -0.15) is 0 Å². The van der Waals surface area contributed by atoms with Gasteiger partial charge in [0.25, 0.3) is 5.91 Å². The Morgan fingerprint density at radius 1 is 0.941 bits per heavy atom. The Labute approximate surface area is 195 Å². The number of hydrogen-bond acceptors (Lipinski definition) is 5. The van der Waals surface area contributed by atoms with E-state index in [1.54, 1.807) is 36.4 Å². The van der Waals surface area contributed by atoms with E-state index in [9.17, 15) is 19.2 Å². The number of carbonyl (C=O) groups is 4. The molecule has 2 amide bonds. The van der Waals surface area contributed by atoms with Crippen molar-refractivity contribution < 1.29 is 23.9 Å². The van der Waals surface area contributed by atoms with Gasteiger partial charge in [0.1, 0.15) is 0 Å². The number of nitrogens with zero attached hydrogens (tertiary/aromatic N) is 2. The smallest absolute Gasteiger partial charge is 0.354 e. The minimum atomic E-state index is -1.55. The van der Waals surface area contributed by atoms with Crippen LogP contribution < -0.4 is 4.90 Å². The van der Waals surface area contributed by atoms with E-state index < -0.39 is 18.2 Å². The van der Waals surface area contributed by atoms with Crippen LogP contribution in [0, 0.1) is 0 Å². The fourth-order valence-corrected chi connectivity index (χ4v) is 5.21. The normalized spacial score (nSPS) is 21.4. The lowest BCUT2D eigenvalue weighted by Gasteiger charge is -2.48. The second kappa shape index (κ2) is 7.52. The largest absolute Gasteiger partial charge is 0.454 e. The summed E-state index contributed by atoms with van der Waals surface area (Å²) in [5, 5.41) is 1.93. The highest BCUT2D eigenvalue weighted by atomic mass is 16.5. The highest BCUT2D eigenvalue weighted by molar-refractivity contribution is 6.16. The van der Waals surface area contributed by atoms with E-state index in [2.05, 4.69) is 0 Å². The lowest BCUT2D eigenvalue weighted by atomic mass is 9.96. The van der Waals surface area contributed by atoms with Crippen LogP contribution in [0.1, 0.15) is 46.4 Å².